The zero-order chi connectivity index (χ0) is 12.9. The normalized spacial score (nSPS) is 12.6. The molecule has 0 rings (SSSR count). The van der Waals surface area contributed by atoms with Crippen LogP contribution in [0.5, 0.6) is 0 Å². The Labute approximate surface area is 110 Å². The molecule has 0 bridgehead atoms. The number of rotatable bonds is 12. The van der Waals surface area contributed by atoms with Crippen molar-refractivity contribution in [1.82, 2.24) is 0 Å². The average molecular weight is 238 g/mol. The molecule has 0 spiro atoms. The van der Waals surface area contributed by atoms with Gasteiger partial charge in [0.1, 0.15) is 0 Å². The van der Waals surface area contributed by atoms with Crippen LogP contribution in [0.1, 0.15) is 91.4 Å². The molecule has 1 unspecified atom stereocenters. The van der Waals surface area contributed by atoms with E-state index in [-0.39, 0.29) is 0 Å². The third-order valence-corrected chi connectivity index (χ3v) is 3.50. The first-order valence-corrected chi connectivity index (χ1v) is 7.81. The van der Waals surface area contributed by atoms with Gasteiger partial charge in [-0.15, -0.1) is 6.58 Å². The maximum absolute atomic E-state index is 3.99. The Bertz CT molecular complexity index is 169. The zero-order valence-corrected chi connectivity index (χ0v) is 12.6. The molecule has 17 heavy (non-hydrogen) atoms. The SMILES string of the molecule is C=C(C)CC(C)CCCCCCCCCCC. The fourth-order valence-corrected chi connectivity index (χ4v) is 2.50. The smallest absolute Gasteiger partial charge is 0.0300 e. The lowest BCUT2D eigenvalue weighted by molar-refractivity contribution is 0.477. The quantitative estimate of drug-likeness (QED) is 0.268. The van der Waals surface area contributed by atoms with Crippen LogP contribution in [0.15, 0.2) is 12.2 Å². The topological polar surface area (TPSA) is 0 Å². The fourth-order valence-electron chi connectivity index (χ4n) is 2.50. The highest BCUT2D eigenvalue weighted by Gasteiger charge is 2.01. The molecule has 0 nitrogen and oxygen atoms in total. The number of unbranched alkanes of at least 4 members (excludes halogenated alkanes) is 8. The summed E-state index contributed by atoms with van der Waals surface area (Å²) in [5, 5.41) is 0. The summed E-state index contributed by atoms with van der Waals surface area (Å²) in [5.41, 5.74) is 1.34. The van der Waals surface area contributed by atoms with Crippen LogP contribution in [0.2, 0.25) is 0 Å². The Kier molecular flexibility index (Phi) is 12.0. The van der Waals surface area contributed by atoms with E-state index in [0.29, 0.717) is 0 Å². The predicted octanol–water partition coefficient (Wildman–Crippen LogP) is 6.51. The van der Waals surface area contributed by atoms with Crippen LogP contribution < -0.4 is 0 Å². The van der Waals surface area contributed by atoms with E-state index in [9.17, 15) is 0 Å². The van der Waals surface area contributed by atoms with Crippen molar-refractivity contribution in [1.29, 1.82) is 0 Å². The molecule has 0 aliphatic rings. The van der Waals surface area contributed by atoms with Crippen LogP contribution in [0.25, 0.3) is 0 Å². The van der Waals surface area contributed by atoms with Crippen LogP contribution in [0, 0.1) is 5.92 Å². The van der Waals surface area contributed by atoms with E-state index in [4.69, 9.17) is 0 Å². The molecule has 0 fully saturated rings. The van der Waals surface area contributed by atoms with Crippen LogP contribution >= 0.6 is 0 Å². The van der Waals surface area contributed by atoms with E-state index < -0.39 is 0 Å². The second-order valence-corrected chi connectivity index (χ2v) is 5.88. The first kappa shape index (κ1) is 16.7. The van der Waals surface area contributed by atoms with Gasteiger partial charge >= 0.3 is 0 Å². The highest BCUT2D eigenvalue weighted by atomic mass is 14.1. The minimum absolute atomic E-state index is 0.844. The number of allylic oxidation sites excluding steroid dienone is 1. The summed E-state index contributed by atoms with van der Waals surface area (Å²) in [5.74, 6) is 0.844. The summed E-state index contributed by atoms with van der Waals surface area (Å²) in [6.07, 6.45) is 15.5. The van der Waals surface area contributed by atoms with Crippen molar-refractivity contribution >= 4 is 0 Å². The molecule has 0 aromatic carbocycles. The van der Waals surface area contributed by atoms with Gasteiger partial charge in [-0.05, 0) is 19.3 Å². The summed E-state index contributed by atoms with van der Waals surface area (Å²) in [7, 11) is 0. The van der Waals surface area contributed by atoms with E-state index in [2.05, 4.69) is 27.4 Å². The van der Waals surface area contributed by atoms with E-state index >= 15 is 0 Å². The lowest BCUT2D eigenvalue weighted by atomic mass is 9.96. The first-order valence-electron chi connectivity index (χ1n) is 7.81. The Morgan fingerprint density at radius 2 is 1.35 bits per heavy atom. The van der Waals surface area contributed by atoms with Gasteiger partial charge in [0, 0.05) is 0 Å². The van der Waals surface area contributed by atoms with Crippen molar-refractivity contribution in [3.05, 3.63) is 12.2 Å². The monoisotopic (exact) mass is 238 g/mol. The molecule has 0 radical (unpaired) electrons. The number of hydrogen-bond donors (Lipinski definition) is 0. The molecule has 0 aliphatic carbocycles. The summed E-state index contributed by atoms with van der Waals surface area (Å²) in [6, 6.07) is 0. The van der Waals surface area contributed by atoms with Crippen molar-refractivity contribution < 1.29 is 0 Å². The second-order valence-electron chi connectivity index (χ2n) is 5.88. The second kappa shape index (κ2) is 12.2. The molecular formula is C17H34. The molecule has 0 amide bonds. The average Bonchev–Trinajstić information content (AvgIpc) is 2.26. The molecular weight excluding hydrogens is 204 g/mol. The fraction of sp³-hybridized carbons (Fsp3) is 0.882. The molecule has 0 N–H and O–H groups in total. The van der Waals surface area contributed by atoms with E-state index in [1.165, 1.54) is 76.2 Å². The Balaban J connectivity index is 3.10. The van der Waals surface area contributed by atoms with Crippen molar-refractivity contribution in [2.24, 2.45) is 5.92 Å². The van der Waals surface area contributed by atoms with Crippen molar-refractivity contribution in [2.75, 3.05) is 0 Å². The maximum atomic E-state index is 3.99. The molecule has 0 aromatic rings. The van der Waals surface area contributed by atoms with Gasteiger partial charge in [-0.1, -0.05) is 83.6 Å². The van der Waals surface area contributed by atoms with Crippen molar-refractivity contribution in [3.8, 4) is 0 Å². The summed E-state index contributed by atoms with van der Waals surface area (Å²) in [4.78, 5) is 0. The van der Waals surface area contributed by atoms with Gasteiger partial charge < -0.3 is 0 Å². The predicted molar refractivity (Wildman–Crippen MR) is 80.4 cm³/mol. The third kappa shape index (κ3) is 13.7. The molecule has 0 heterocycles. The zero-order valence-electron chi connectivity index (χ0n) is 12.6. The lowest BCUT2D eigenvalue weighted by Crippen LogP contribution is -1.95. The molecule has 102 valence electrons. The lowest BCUT2D eigenvalue weighted by Gasteiger charge is -2.10. The van der Waals surface area contributed by atoms with Crippen LogP contribution in [0.3, 0.4) is 0 Å². The van der Waals surface area contributed by atoms with E-state index in [1.807, 2.05) is 0 Å². The molecule has 0 heteroatoms. The largest absolute Gasteiger partial charge is 0.100 e. The molecule has 0 saturated heterocycles. The maximum Gasteiger partial charge on any atom is -0.0300 e. The molecule has 0 saturated carbocycles. The van der Waals surface area contributed by atoms with Crippen LogP contribution in [-0.4, -0.2) is 0 Å². The number of hydrogen-bond acceptors (Lipinski definition) is 0. The summed E-state index contributed by atoms with van der Waals surface area (Å²) in [6.45, 7) is 10.8. The van der Waals surface area contributed by atoms with Gasteiger partial charge in [0.25, 0.3) is 0 Å². The van der Waals surface area contributed by atoms with Gasteiger partial charge in [-0.2, -0.15) is 0 Å². The van der Waals surface area contributed by atoms with Gasteiger partial charge in [0.05, 0.1) is 0 Å². The Hall–Kier alpha value is -0.260. The summed E-state index contributed by atoms with van der Waals surface area (Å²) >= 11 is 0. The molecule has 0 aromatic heterocycles. The van der Waals surface area contributed by atoms with Crippen LogP contribution in [-0.2, 0) is 0 Å². The standard InChI is InChI=1S/C17H34/c1-5-6-7-8-9-10-11-12-13-14-17(4)15-16(2)3/h17H,2,5-15H2,1,3-4H3. The molecule has 1 atom stereocenters. The Morgan fingerprint density at radius 3 is 1.82 bits per heavy atom. The van der Waals surface area contributed by atoms with Crippen molar-refractivity contribution in [3.63, 3.8) is 0 Å². The highest BCUT2D eigenvalue weighted by molar-refractivity contribution is 4.89. The minimum atomic E-state index is 0.844. The molecule has 0 aliphatic heterocycles. The first-order chi connectivity index (χ1) is 8.16. The van der Waals surface area contributed by atoms with Gasteiger partial charge in [-0.3, -0.25) is 0 Å². The van der Waals surface area contributed by atoms with Gasteiger partial charge in [-0.25, -0.2) is 0 Å². The van der Waals surface area contributed by atoms with Gasteiger partial charge in [0.15, 0.2) is 0 Å². The Morgan fingerprint density at radius 1 is 0.882 bits per heavy atom. The van der Waals surface area contributed by atoms with Crippen molar-refractivity contribution in [2.45, 2.75) is 91.4 Å². The highest BCUT2D eigenvalue weighted by Crippen LogP contribution is 2.17. The third-order valence-electron chi connectivity index (χ3n) is 3.50. The van der Waals surface area contributed by atoms with Gasteiger partial charge in [0.2, 0.25) is 0 Å². The van der Waals surface area contributed by atoms with Crippen LogP contribution in [0.4, 0.5) is 0 Å². The minimum Gasteiger partial charge on any atom is -0.100 e. The van der Waals surface area contributed by atoms with E-state index in [1.54, 1.807) is 0 Å². The summed E-state index contributed by atoms with van der Waals surface area (Å²) < 4.78 is 0. The van der Waals surface area contributed by atoms with E-state index in [0.717, 1.165) is 5.92 Å².